The summed E-state index contributed by atoms with van der Waals surface area (Å²) in [6.45, 7) is 6.91. The van der Waals surface area contributed by atoms with Crippen molar-refractivity contribution in [1.82, 2.24) is 0 Å². The fourth-order valence-electron chi connectivity index (χ4n) is 2.23. The van der Waals surface area contributed by atoms with Crippen LogP contribution < -0.4 is 10.6 Å². The average molecular weight is 361 g/mol. The van der Waals surface area contributed by atoms with Crippen LogP contribution in [0.3, 0.4) is 0 Å². The number of aryl methyl sites for hydroxylation is 1. The van der Waals surface area contributed by atoms with Crippen LogP contribution in [0.1, 0.15) is 19.4 Å². The van der Waals surface area contributed by atoms with Crippen LogP contribution in [0.4, 0.5) is 11.4 Å². The van der Waals surface area contributed by atoms with Crippen molar-refractivity contribution in [2.75, 3.05) is 17.2 Å². The zero-order valence-corrected chi connectivity index (χ0v) is 15.4. The van der Waals surface area contributed by atoms with Gasteiger partial charge in [-0.05, 0) is 56.7 Å². The molecule has 0 aliphatic heterocycles. The van der Waals surface area contributed by atoms with E-state index in [0.29, 0.717) is 5.69 Å². The molecule has 2 aromatic rings. The van der Waals surface area contributed by atoms with E-state index in [1.807, 2.05) is 19.1 Å². The Morgan fingerprint density at radius 2 is 1.88 bits per heavy atom. The summed E-state index contributed by atoms with van der Waals surface area (Å²) in [5.41, 5.74) is 7.94. The minimum atomic E-state index is -4.11. The third kappa shape index (κ3) is 6.45. The lowest BCUT2D eigenvalue weighted by Gasteiger charge is -2.25. The first-order valence-electron chi connectivity index (χ1n) is 7.75. The van der Waals surface area contributed by atoms with E-state index < -0.39 is 10.1 Å². The molecule has 2 rings (SSSR count). The van der Waals surface area contributed by atoms with Gasteiger partial charge in [0.25, 0.3) is 10.1 Å². The molecule has 0 radical (unpaired) electrons. The van der Waals surface area contributed by atoms with Gasteiger partial charge in [-0.25, -0.2) is 0 Å². The Morgan fingerprint density at radius 3 is 2.32 bits per heavy atom. The molecule has 7 heteroatoms. The monoisotopic (exact) mass is 361 g/mol. The van der Waals surface area contributed by atoms with Crippen LogP contribution in [0, 0.1) is 18.3 Å². The number of rotatable bonds is 4. The van der Waals surface area contributed by atoms with Crippen LogP contribution in [-0.4, -0.2) is 25.6 Å². The molecule has 3 N–H and O–H groups in total. The highest BCUT2D eigenvalue weighted by Crippen LogP contribution is 2.17. The van der Waals surface area contributed by atoms with E-state index in [9.17, 15) is 8.42 Å². The minimum Gasteiger partial charge on any atom is -0.399 e. The number of nitriles is 1. The van der Waals surface area contributed by atoms with Gasteiger partial charge < -0.3 is 10.6 Å². The number of nitrogens with two attached hydrogens (primary N) is 1. The number of benzene rings is 2. The normalized spacial score (nSPS) is 11.6. The summed E-state index contributed by atoms with van der Waals surface area (Å²) in [5, 5.41) is 8.88. The highest BCUT2D eigenvalue weighted by Gasteiger charge is 2.11. The van der Waals surface area contributed by atoms with Gasteiger partial charge in [-0.2, -0.15) is 13.7 Å². The van der Waals surface area contributed by atoms with Crippen molar-refractivity contribution in [2.45, 2.75) is 31.7 Å². The largest absolute Gasteiger partial charge is 0.399 e. The topological polar surface area (TPSA) is 107 Å². The quantitative estimate of drug-likeness (QED) is 0.639. The maximum Gasteiger partial charge on any atom is 0.294 e. The maximum atomic E-state index is 10.5. The summed E-state index contributed by atoms with van der Waals surface area (Å²) in [6, 6.07) is 15.9. The second-order valence-corrected chi connectivity index (χ2v) is 6.90. The fourth-order valence-corrected chi connectivity index (χ4v) is 2.77. The predicted molar refractivity (Wildman–Crippen MR) is 99.9 cm³/mol. The van der Waals surface area contributed by atoms with Crippen LogP contribution in [-0.2, 0) is 10.1 Å². The van der Waals surface area contributed by atoms with Crippen molar-refractivity contribution >= 4 is 21.5 Å². The smallest absolute Gasteiger partial charge is 0.294 e. The Kier molecular flexibility index (Phi) is 7.43. The molecule has 0 amide bonds. The molecule has 0 saturated carbocycles. The van der Waals surface area contributed by atoms with Gasteiger partial charge in [0.15, 0.2) is 0 Å². The van der Waals surface area contributed by atoms with Crippen molar-refractivity contribution in [2.24, 2.45) is 0 Å². The van der Waals surface area contributed by atoms with Gasteiger partial charge in [0.2, 0.25) is 0 Å². The first-order valence-corrected chi connectivity index (χ1v) is 9.19. The molecule has 1 atom stereocenters. The molecule has 134 valence electrons. The van der Waals surface area contributed by atoms with E-state index in [0.717, 1.165) is 12.2 Å². The summed E-state index contributed by atoms with van der Waals surface area (Å²) in [5.74, 6) is 0. The molecule has 1 unspecified atom stereocenters. The standard InChI is InChI=1S/C12H16N2.C6H7NO3S/c1-4-14(11(3)9-13)12-7-5-6-10(2)8-12;7-5-2-1-3-6(4-5)11(8,9)10/h5-8,11H,4H2,1-3H3;1-4H,7H2,(H,8,9,10). The van der Waals surface area contributed by atoms with Crippen molar-refractivity contribution < 1.29 is 13.0 Å². The number of hydrogen-bond acceptors (Lipinski definition) is 5. The average Bonchev–Trinajstić information content (AvgIpc) is 2.55. The fraction of sp³-hybridized carbons (Fsp3) is 0.278. The summed E-state index contributed by atoms with van der Waals surface area (Å²) < 4.78 is 29.5. The zero-order chi connectivity index (χ0) is 19.0. The summed E-state index contributed by atoms with van der Waals surface area (Å²) >= 11 is 0. The second-order valence-electron chi connectivity index (χ2n) is 5.48. The molecule has 25 heavy (non-hydrogen) atoms. The molecule has 0 aliphatic carbocycles. The first-order chi connectivity index (χ1) is 11.7. The lowest BCUT2D eigenvalue weighted by Crippen LogP contribution is -2.31. The molecule has 0 saturated heterocycles. The molecule has 0 bridgehead atoms. The molecular formula is C18H23N3O3S. The Balaban J connectivity index is 0.000000257. The van der Waals surface area contributed by atoms with E-state index in [-0.39, 0.29) is 10.9 Å². The number of anilines is 2. The van der Waals surface area contributed by atoms with Crippen LogP contribution in [0.15, 0.2) is 53.4 Å². The SMILES string of the molecule is CCN(c1cccc(C)c1)C(C)C#N.Nc1cccc(S(=O)(=O)O)c1. The van der Waals surface area contributed by atoms with Crippen molar-refractivity contribution in [3.8, 4) is 6.07 Å². The third-order valence-corrected chi connectivity index (χ3v) is 4.33. The van der Waals surface area contributed by atoms with Gasteiger partial charge in [0.1, 0.15) is 6.04 Å². The van der Waals surface area contributed by atoms with Gasteiger partial charge in [0.05, 0.1) is 11.0 Å². The van der Waals surface area contributed by atoms with Crippen molar-refractivity contribution in [3.05, 3.63) is 54.1 Å². The Bertz CT molecular complexity index is 845. The van der Waals surface area contributed by atoms with Gasteiger partial charge in [-0.15, -0.1) is 0 Å². The minimum absolute atomic E-state index is 0.0678. The lowest BCUT2D eigenvalue weighted by atomic mass is 10.2. The van der Waals surface area contributed by atoms with Crippen molar-refractivity contribution in [3.63, 3.8) is 0 Å². The van der Waals surface area contributed by atoms with Gasteiger partial charge in [-0.1, -0.05) is 18.2 Å². The molecule has 0 aliphatic rings. The van der Waals surface area contributed by atoms with Crippen LogP contribution >= 0.6 is 0 Å². The Labute approximate surface area is 149 Å². The highest BCUT2D eigenvalue weighted by atomic mass is 32.2. The number of nitrogen functional groups attached to an aromatic ring is 1. The Morgan fingerprint density at radius 1 is 1.24 bits per heavy atom. The van der Waals surface area contributed by atoms with Gasteiger partial charge >= 0.3 is 0 Å². The highest BCUT2D eigenvalue weighted by molar-refractivity contribution is 7.85. The summed E-state index contributed by atoms with van der Waals surface area (Å²) in [4.78, 5) is 1.91. The molecular weight excluding hydrogens is 338 g/mol. The third-order valence-electron chi connectivity index (χ3n) is 3.48. The lowest BCUT2D eigenvalue weighted by molar-refractivity contribution is 0.483. The molecule has 0 aromatic heterocycles. The molecule has 0 fully saturated rings. The number of hydrogen-bond donors (Lipinski definition) is 2. The molecule has 0 spiro atoms. The van der Waals surface area contributed by atoms with E-state index >= 15 is 0 Å². The first kappa shape index (κ1) is 20.5. The van der Waals surface area contributed by atoms with E-state index in [4.69, 9.17) is 15.5 Å². The molecule has 6 nitrogen and oxygen atoms in total. The van der Waals surface area contributed by atoms with Gasteiger partial charge in [-0.3, -0.25) is 4.55 Å². The molecule has 2 aromatic carbocycles. The van der Waals surface area contributed by atoms with E-state index in [2.05, 4.69) is 36.9 Å². The van der Waals surface area contributed by atoms with Gasteiger partial charge in [0, 0.05) is 17.9 Å². The van der Waals surface area contributed by atoms with Crippen LogP contribution in [0.2, 0.25) is 0 Å². The van der Waals surface area contributed by atoms with E-state index in [1.54, 1.807) is 0 Å². The Hall–Kier alpha value is -2.56. The molecule has 0 heterocycles. The van der Waals surface area contributed by atoms with Crippen LogP contribution in [0.5, 0.6) is 0 Å². The predicted octanol–water partition coefficient (Wildman–Crippen LogP) is 3.25. The number of nitrogens with zero attached hydrogens (tertiary/aromatic N) is 2. The zero-order valence-electron chi connectivity index (χ0n) is 14.5. The maximum absolute atomic E-state index is 10.5. The van der Waals surface area contributed by atoms with Crippen molar-refractivity contribution in [1.29, 1.82) is 5.26 Å². The van der Waals surface area contributed by atoms with E-state index in [1.165, 1.54) is 29.8 Å². The summed E-state index contributed by atoms with van der Waals surface area (Å²) in [7, 11) is -4.11. The van der Waals surface area contributed by atoms with Crippen LogP contribution in [0.25, 0.3) is 0 Å². The second kappa shape index (κ2) is 9.06. The summed E-state index contributed by atoms with van der Waals surface area (Å²) in [6.07, 6.45) is 0.